The summed E-state index contributed by atoms with van der Waals surface area (Å²) in [4.78, 5) is 17.4. The van der Waals surface area contributed by atoms with Crippen molar-refractivity contribution < 1.29 is 9.53 Å². The van der Waals surface area contributed by atoms with E-state index in [-0.39, 0.29) is 18.1 Å². The van der Waals surface area contributed by atoms with E-state index >= 15 is 0 Å². The molecular formula is C18H22N2O2. The number of nitrogens with one attached hydrogen (secondary N) is 1. The maximum Gasteiger partial charge on any atom is 0.323 e. The van der Waals surface area contributed by atoms with E-state index in [1.165, 1.54) is 16.7 Å². The third-order valence-corrected chi connectivity index (χ3v) is 4.48. The summed E-state index contributed by atoms with van der Waals surface area (Å²) in [6.45, 7) is 2.29. The Balaban J connectivity index is 1.85. The summed E-state index contributed by atoms with van der Waals surface area (Å²) in [7, 11) is 2.01. The molecule has 2 heterocycles. The number of H-pyrrole nitrogens is 1. The first-order valence-corrected chi connectivity index (χ1v) is 7.83. The molecule has 1 aromatic heterocycles. The average Bonchev–Trinajstić information content (AvgIpc) is 3.14. The Labute approximate surface area is 131 Å². The first kappa shape index (κ1) is 14.9. The van der Waals surface area contributed by atoms with Gasteiger partial charge in [0.25, 0.3) is 0 Å². The van der Waals surface area contributed by atoms with Crippen molar-refractivity contribution in [3.8, 4) is 11.1 Å². The highest BCUT2D eigenvalue weighted by Gasteiger charge is 2.37. The lowest BCUT2D eigenvalue weighted by Crippen LogP contribution is -2.35. The van der Waals surface area contributed by atoms with E-state index in [2.05, 4.69) is 28.2 Å². The second kappa shape index (κ2) is 6.36. The second-order valence-corrected chi connectivity index (χ2v) is 5.72. The molecule has 1 saturated heterocycles. The van der Waals surface area contributed by atoms with Crippen LogP contribution in [0.2, 0.25) is 0 Å². The van der Waals surface area contributed by atoms with Gasteiger partial charge in [-0.3, -0.25) is 9.69 Å². The Hall–Kier alpha value is -2.07. The minimum absolute atomic E-state index is 0.107. The highest BCUT2D eigenvalue weighted by molar-refractivity contribution is 5.76. The predicted octanol–water partition coefficient (Wildman–Crippen LogP) is 3.38. The van der Waals surface area contributed by atoms with Gasteiger partial charge in [0.1, 0.15) is 6.04 Å². The number of aromatic amines is 1. The van der Waals surface area contributed by atoms with Crippen molar-refractivity contribution in [3.63, 3.8) is 0 Å². The standard InChI is InChI=1S/C18H22N2O2/c1-3-22-18(21)17-10-9-16(20(17)2)15-12-19-11-14(15)13-7-5-4-6-8-13/h4-8,11-12,16-17,19H,3,9-10H2,1-2H3/t16-,17+/m0/s1. The van der Waals surface area contributed by atoms with Crippen LogP contribution < -0.4 is 0 Å². The van der Waals surface area contributed by atoms with E-state index in [0.29, 0.717) is 6.61 Å². The number of esters is 1. The van der Waals surface area contributed by atoms with E-state index in [1.807, 2.05) is 38.4 Å². The lowest BCUT2D eigenvalue weighted by atomic mass is 9.98. The molecule has 1 fully saturated rings. The Bertz CT molecular complexity index is 636. The summed E-state index contributed by atoms with van der Waals surface area (Å²) in [6, 6.07) is 10.5. The van der Waals surface area contributed by atoms with Crippen molar-refractivity contribution in [2.75, 3.05) is 13.7 Å². The van der Waals surface area contributed by atoms with E-state index < -0.39 is 0 Å². The van der Waals surface area contributed by atoms with Crippen LogP contribution in [0.3, 0.4) is 0 Å². The van der Waals surface area contributed by atoms with Crippen molar-refractivity contribution in [2.24, 2.45) is 0 Å². The molecule has 2 atom stereocenters. The van der Waals surface area contributed by atoms with Gasteiger partial charge < -0.3 is 9.72 Å². The Morgan fingerprint density at radius 3 is 2.77 bits per heavy atom. The Morgan fingerprint density at radius 2 is 2.05 bits per heavy atom. The molecule has 0 aliphatic carbocycles. The molecule has 1 aromatic carbocycles. The number of aromatic nitrogens is 1. The fourth-order valence-electron chi connectivity index (χ4n) is 3.36. The Morgan fingerprint density at radius 1 is 1.27 bits per heavy atom. The van der Waals surface area contributed by atoms with Crippen LogP contribution in [0.4, 0.5) is 0 Å². The molecule has 3 rings (SSSR count). The zero-order valence-corrected chi connectivity index (χ0v) is 13.1. The summed E-state index contributed by atoms with van der Waals surface area (Å²) >= 11 is 0. The number of carbonyl (C=O) groups is 1. The minimum Gasteiger partial charge on any atom is -0.465 e. The number of carbonyl (C=O) groups excluding carboxylic acids is 1. The van der Waals surface area contributed by atoms with Crippen LogP contribution >= 0.6 is 0 Å². The summed E-state index contributed by atoms with van der Waals surface area (Å²) in [6.07, 6.45) is 5.91. The monoisotopic (exact) mass is 298 g/mol. The third kappa shape index (κ3) is 2.66. The van der Waals surface area contributed by atoms with Gasteiger partial charge in [0.15, 0.2) is 0 Å². The summed E-state index contributed by atoms with van der Waals surface area (Å²) in [5, 5.41) is 0. The first-order chi connectivity index (χ1) is 10.7. The maximum atomic E-state index is 12.1. The molecule has 0 spiro atoms. The van der Waals surface area contributed by atoms with Gasteiger partial charge in [-0.15, -0.1) is 0 Å². The molecule has 1 aliphatic rings. The van der Waals surface area contributed by atoms with E-state index in [0.717, 1.165) is 12.8 Å². The molecule has 0 unspecified atom stereocenters. The molecule has 0 amide bonds. The number of ether oxygens (including phenoxy) is 1. The van der Waals surface area contributed by atoms with Gasteiger partial charge >= 0.3 is 5.97 Å². The van der Waals surface area contributed by atoms with Crippen LogP contribution in [-0.4, -0.2) is 35.5 Å². The van der Waals surface area contributed by atoms with Crippen molar-refractivity contribution >= 4 is 5.97 Å². The molecule has 0 saturated carbocycles. The number of likely N-dealkylation sites (tertiary alicyclic amines) is 1. The van der Waals surface area contributed by atoms with Crippen LogP contribution in [0.1, 0.15) is 31.4 Å². The lowest BCUT2D eigenvalue weighted by Gasteiger charge is -2.25. The number of rotatable bonds is 4. The first-order valence-electron chi connectivity index (χ1n) is 7.83. The van der Waals surface area contributed by atoms with Crippen LogP contribution in [0, 0.1) is 0 Å². The van der Waals surface area contributed by atoms with Gasteiger partial charge in [-0.1, -0.05) is 30.3 Å². The summed E-state index contributed by atoms with van der Waals surface area (Å²) in [5.41, 5.74) is 3.66. The number of nitrogens with zero attached hydrogens (tertiary/aromatic N) is 1. The van der Waals surface area contributed by atoms with Crippen molar-refractivity contribution in [1.29, 1.82) is 0 Å². The maximum absolute atomic E-state index is 12.1. The average molecular weight is 298 g/mol. The Kier molecular flexibility index (Phi) is 4.29. The van der Waals surface area contributed by atoms with Gasteiger partial charge in [0, 0.05) is 24.0 Å². The molecule has 1 aliphatic heterocycles. The van der Waals surface area contributed by atoms with Crippen LogP contribution in [0.5, 0.6) is 0 Å². The molecule has 22 heavy (non-hydrogen) atoms. The third-order valence-electron chi connectivity index (χ3n) is 4.48. The highest BCUT2D eigenvalue weighted by atomic mass is 16.5. The van der Waals surface area contributed by atoms with Gasteiger partial charge in [-0.2, -0.15) is 0 Å². The van der Waals surface area contributed by atoms with Gasteiger partial charge in [-0.05, 0) is 37.9 Å². The largest absolute Gasteiger partial charge is 0.465 e. The van der Waals surface area contributed by atoms with Crippen LogP contribution in [0.25, 0.3) is 11.1 Å². The predicted molar refractivity (Wildman–Crippen MR) is 86.4 cm³/mol. The van der Waals surface area contributed by atoms with E-state index in [9.17, 15) is 4.79 Å². The summed E-state index contributed by atoms with van der Waals surface area (Å²) in [5.74, 6) is -0.107. The van der Waals surface area contributed by atoms with Crippen molar-refractivity contribution in [3.05, 3.63) is 48.3 Å². The molecule has 1 N–H and O–H groups in total. The zero-order valence-electron chi connectivity index (χ0n) is 13.1. The molecule has 0 bridgehead atoms. The normalized spacial score (nSPS) is 21.9. The van der Waals surface area contributed by atoms with Gasteiger partial charge in [0.05, 0.1) is 6.61 Å². The number of hydrogen-bond donors (Lipinski definition) is 1. The molecule has 116 valence electrons. The quantitative estimate of drug-likeness (QED) is 0.880. The molecule has 4 heteroatoms. The van der Waals surface area contributed by atoms with Gasteiger partial charge in [-0.25, -0.2) is 0 Å². The SMILES string of the molecule is CCOC(=O)[C@H]1CC[C@@H](c2c[nH]cc2-c2ccccc2)N1C. The number of benzene rings is 1. The highest BCUT2D eigenvalue weighted by Crippen LogP contribution is 2.39. The molecule has 4 nitrogen and oxygen atoms in total. The van der Waals surface area contributed by atoms with E-state index in [4.69, 9.17) is 4.74 Å². The van der Waals surface area contributed by atoms with Crippen LogP contribution in [0.15, 0.2) is 42.7 Å². The fourth-order valence-corrected chi connectivity index (χ4v) is 3.36. The zero-order chi connectivity index (χ0) is 15.5. The molecule has 2 aromatic rings. The van der Waals surface area contributed by atoms with Crippen LogP contribution in [-0.2, 0) is 9.53 Å². The molecule has 0 radical (unpaired) electrons. The van der Waals surface area contributed by atoms with E-state index in [1.54, 1.807) is 0 Å². The fraction of sp³-hybridized carbons (Fsp3) is 0.389. The molecular weight excluding hydrogens is 276 g/mol. The van der Waals surface area contributed by atoms with Crippen molar-refractivity contribution in [1.82, 2.24) is 9.88 Å². The summed E-state index contributed by atoms with van der Waals surface area (Å²) < 4.78 is 5.19. The number of likely N-dealkylation sites (N-methyl/N-ethyl adjacent to an activating group) is 1. The van der Waals surface area contributed by atoms with Crippen molar-refractivity contribution in [2.45, 2.75) is 31.8 Å². The smallest absolute Gasteiger partial charge is 0.323 e. The lowest BCUT2D eigenvalue weighted by molar-refractivity contribution is -0.148. The number of hydrogen-bond acceptors (Lipinski definition) is 3. The topological polar surface area (TPSA) is 45.3 Å². The second-order valence-electron chi connectivity index (χ2n) is 5.72. The van der Waals surface area contributed by atoms with Gasteiger partial charge in [0.2, 0.25) is 0 Å². The minimum atomic E-state index is -0.136.